The van der Waals surface area contributed by atoms with Crippen LogP contribution >= 0.6 is 0 Å². The molecule has 1 rings (SSSR count). The van der Waals surface area contributed by atoms with Crippen LogP contribution in [0.2, 0.25) is 0 Å². The summed E-state index contributed by atoms with van der Waals surface area (Å²) in [4.78, 5) is 22.2. The molecule has 6 heteroatoms. The Morgan fingerprint density at radius 3 is 2.12 bits per heavy atom. The van der Waals surface area contributed by atoms with Gasteiger partial charge in [-0.05, 0) is 32.6 Å². The Balaban J connectivity index is 2.36. The van der Waals surface area contributed by atoms with E-state index < -0.39 is 12.1 Å². The maximum atomic E-state index is 12.4. The predicted octanol–water partition coefficient (Wildman–Crippen LogP) is 2.06. The van der Waals surface area contributed by atoms with Crippen LogP contribution in [-0.4, -0.2) is 24.4 Å². The van der Waals surface area contributed by atoms with E-state index in [2.05, 4.69) is 5.32 Å². The summed E-state index contributed by atoms with van der Waals surface area (Å²) in [6.07, 6.45) is -3.66. The van der Waals surface area contributed by atoms with Crippen LogP contribution in [0.25, 0.3) is 0 Å². The molecule has 0 aromatic heterocycles. The largest absolute Gasteiger partial charge is 0.391 e. The average molecular weight is 251 g/mol. The smallest absolute Gasteiger partial charge is 0.349 e. The minimum absolute atomic E-state index is 0.00164. The van der Waals surface area contributed by atoms with Crippen LogP contribution in [0.1, 0.15) is 32.6 Å². The third-order valence-electron chi connectivity index (χ3n) is 3.07. The van der Waals surface area contributed by atoms with E-state index in [1.807, 2.05) is 0 Å². The van der Waals surface area contributed by atoms with E-state index in [1.165, 1.54) is 6.92 Å². The van der Waals surface area contributed by atoms with Crippen molar-refractivity contribution < 1.29 is 22.8 Å². The number of alkyl halides is 3. The molecule has 1 N–H and O–H groups in total. The Morgan fingerprint density at radius 1 is 1.18 bits per heavy atom. The molecule has 0 heterocycles. The van der Waals surface area contributed by atoms with Crippen molar-refractivity contribution in [2.45, 2.75) is 38.8 Å². The van der Waals surface area contributed by atoms with Gasteiger partial charge in [-0.3, -0.25) is 9.59 Å². The van der Waals surface area contributed by atoms with Crippen LogP contribution in [0, 0.1) is 11.8 Å². The van der Waals surface area contributed by atoms with Crippen molar-refractivity contribution in [1.82, 2.24) is 5.32 Å². The van der Waals surface area contributed by atoms with Gasteiger partial charge in [-0.15, -0.1) is 0 Å². The fourth-order valence-corrected chi connectivity index (χ4v) is 2.04. The third-order valence-corrected chi connectivity index (χ3v) is 3.07. The van der Waals surface area contributed by atoms with Crippen molar-refractivity contribution in [1.29, 1.82) is 0 Å². The summed E-state index contributed by atoms with van der Waals surface area (Å²) in [5.41, 5.74) is 0. The SMILES string of the molecule is CC(=O)CNC(=O)C1CCC(C(F)(F)F)CC1. The molecule has 0 spiro atoms. The molecule has 1 aliphatic rings. The minimum atomic E-state index is -4.15. The maximum absolute atomic E-state index is 12.4. The standard InChI is InChI=1S/C11H16F3NO2/c1-7(16)6-15-10(17)8-2-4-9(5-3-8)11(12,13)14/h8-9H,2-6H2,1H3,(H,15,17). The van der Waals surface area contributed by atoms with Crippen molar-refractivity contribution in [3.8, 4) is 0 Å². The fraction of sp³-hybridized carbons (Fsp3) is 0.818. The number of hydrogen-bond donors (Lipinski definition) is 1. The van der Waals surface area contributed by atoms with Crippen LogP contribution in [-0.2, 0) is 9.59 Å². The van der Waals surface area contributed by atoms with E-state index >= 15 is 0 Å². The summed E-state index contributed by atoms with van der Waals surface area (Å²) in [6, 6.07) is 0. The highest BCUT2D eigenvalue weighted by Gasteiger charge is 2.42. The molecule has 1 aliphatic carbocycles. The molecule has 0 aromatic carbocycles. The number of nitrogens with one attached hydrogen (secondary N) is 1. The number of carbonyl (C=O) groups is 2. The van der Waals surface area contributed by atoms with Crippen molar-refractivity contribution in [3.05, 3.63) is 0 Å². The third kappa shape index (κ3) is 4.36. The van der Waals surface area contributed by atoms with Gasteiger partial charge in [0.05, 0.1) is 12.5 Å². The first-order valence-electron chi connectivity index (χ1n) is 5.64. The Labute approximate surface area is 97.8 Å². The van der Waals surface area contributed by atoms with Crippen molar-refractivity contribution >= 4 is 11.7 Å². The summed E-state index contributed by atoms with van der Waals surface area (Å²) < 4.78 is 37.1. The van der Waals surface area contributed by atoms with Gasteiger partial charge in [-0.1, -0.05) is 0 Å². The van der Waals surface area contributed by atoms with Crippen LogP contribution < -0.4 is 5.32 Å². The molecule has 0 radical (unpaired) electrons. The lowest BCUT2D eigenvalue weighted by molar-refractivity contribution is -0.184. The highest BCUT2D eigenvalue weighted by molar-refractivity contribution is 5.85. The van der Waals surface area contributed by atoms with Gasteiger partial charge in [0.15, 0.2) is 0 Å². The molecule has 1 fully saturated rings. The molecule has 0 bridgehead atoms. The highest BCUT2D eigenvalue weighted by atomic mass is 19.4. The first kappa shape index (κ1) is 14.0. The number of hydrogen-bond acceptors (Lipinski definition) is 2. The second-order valence-corrected chi connectivity index (χ2v) is 4.51. The first-order chi connectivity index (χ1) is 7.80. The van der Waals surface area contributed by atoms with Gasteiger partial charge in [-0.2, -0.15) is 13.2 Å². The monoisotopic (exact) mass is 251 g/mol. The Morgan fingerprint density at radius 2 is 1.71 bits per heavy atom. The molecule has 0 atom stereocenters. The quantitative estimate of drug-likeness (QED) is 0.834. The van der Waals surface area contributed by atoms with E-state index in [-0.39, 0.29) is 49.8 Å². The van der Waals surface area contributed by atoms with Crippen molar-refractivity contribution in [2.24, 2.45) is 11.8 Å². The van der Waals surface area contributed by atoms with Crippen LogP contribution in [0.5, 0.6) is 0 Å². The van der Waals surface area contributed by atoms with E-state index in [9.17, 15) is 22.8 Å². The molecule has 98 valence electrons. The second-order valence-electron chi connectivity index (χ2n) is 4.51. The summed E-state index contributed by atoms with van der Waals surface area (Å²) in [6.45, 7) is 1.30. The average Bonchev–Trinajstić information content (AvgIpc) is 2.25. The molecule has 1 amide bonds. The van der Waals surface area contributed by atoms with Gasteiger partial charge in [0.25, 0.3) is 0 Å². The molecule has 17 heavy (non-hydrogen) atoms. The number of halogens is 3. The number of amides is 1. The van der Waals surface area contributed by atoms with Gasteiger partial charge in [0, 0.05) is 5.92 Å². The Hall–Kier alpha value is -1.07. The number of carbonyl (C=O) groups excluding carboxylic acids is 2. The summed E-state index contributed by atoms with van der Waals surface area (Å²) in [5.74, 6) is -2.13. The molecule has 1 saturated carbocycles. The number of Topliss-reactive ketones (excluding diaryl/α,β-unsaturated/α-hetero) is 1. The zero-order chi connectivity index (χ0) is 13.1. The summed E-state index contributed by atoms with van der Waals surface area (Å²) in [7, 11) is 0. The molecular formula is C11H16F3NO2. The lowest BCUT2D eigenvalue weighted by atomic mass is 9.81. The van der Waals surface area contributed by atoms with Crippen molar-refractivity contribution in [2.75, 3.05) is 6.54 Å². The summed E-state index contributed by atoms with van der Waals surface area (Å²) in [5, 5.41) is 2.44. The predicted molar refractivity (Wildman–Crippen MR) is 55.2 cm³/mol. The Kier molecular flexibility index (Phi) is 4.54. The normalized spacial score (nSPS) is 25.4. The maximum Gasteiger partial charge on any atom is 0.391 e. The first-order valence-corrected chi connectivity index (χ1v) is 5.64. The van der Waals surface area contributed by atoms with Crippen LogP contribution in [0.15, 0.2) is 0 Å². The lowest BCUT2D eigenvalue weighted by Gasteiger charge is -2.28. The van der Waals surface area contributed by atoms with Crippen LogP contribution in [0.3, 0.4) is 0 Å². The fourth-order valence-electron chi connectivity index (χ4n) is 2.04. The molecule has 0 aromatic rings. The van der Waals surface area contributed by atoms with E-state index in [1.54, 1.807) is 0 Å². The molecule has 3 nitrogen and oxygen atoms in total. The Bertz CT molecular complexity index is 294. The highest BCUT2D eigenvalue weighted by Crippen LogP contribution is 2.39. The lowest BCUT2D eigenvalue weighted by Crippen LogP contribution is -2.37. The van der Waals surface area contributed by atoms with Gasteiger partial charge in [0.1, 0.15) is 5.78 Å². The molecule has 0 saturated heterocycles. The van der Waals surface area contributed by atoms with Gasteiger partial charge < -0.3 is 5.32 Å². The molecular weight excluding hydrogens is 235 g/mol. The zero-order valence-electron chi connectivity index (χ0n) is 9.64. The number of ketones is 1. The van der Waals surface area contributed by atoms with E-state index in [4.69, 9.17) is 0 Å². The topological polar surface area (TPSA) is 46.2 Å². The van der Waals surface area contributed by atoms with Crippen LogP contribution in [0.4, 0.5) is 13.2 Å². The number of rotatable bonds is 3. The zero-order valence-corrected chi connectivity index (χ0v) is 9.64. The van der Waals surface area contributed by atoms with Crippen molar-refractivity contribution in [3.63, 3.8) is 0 Å². The van der Waals surface area contributed by atoms with E-state index in [0.29, 0.717) is 0 Å². The summed E-state index contributed by atoms with van der Waals surface area (Å²) >= 11 is 0. The minimum Gasteiger partial charge on any atom is -0.349 e. The van der Waals surface area contributed by atoms with Gasteiger partial charge >= 0.3 is 6.18 Å². The van der Waals surface area contributed by atoms with E-state index in [0.717, 1.165) is 0 Å². The van der Waals surface area contributed by atoms with Gasteiger partial charge in [-0.25, -0.2) is 0 Å². The second kappa shape index (κ2) is 5.51. The molecule has 0 aliphatic heterocycles. The van der Waals surface area contributed by atoms with Gasteiger partial charge in [0.2, 0.25) is 5.91 Å². The molecule has 0 unspecified atom stereocenters.